The molecule has 1 atom stereocenters. The summed E-state index contributed by atoms with van der Waals surface area (Å²) in [6.45, 7) is 2.57. The number of hydrogen-bond acceptors (Lipinski definition) is 7. The van der Waals surface area contributed by atoms with Crippen molar-refractivity contribution in [3.05, 3.63) is 65.7 Å². The van der Waals surface area contributed by atoms with E-state index in [4.69, 9.17) is 21.3 Å². The fraction of sp³-hybridized carbons (Fsp3) is 0.360. The minimum absolute atomic E-state index is 0.118. The molecule has 0 aromatic heterocycles. The number of likely N-dealkylation sites (N-methyl/N-ethyl adjacent to an activating group) is 1. The van der Waals surface area contributed by atoms with Crippen LogP contribution in [0.5, 0.6) is 0 Å². The van der Waals surface area contributed by atoms with Gasteiger partial charge < -0.3 is 21.5 Å². The highest BCUT2D eigenvalue weighted by molar-refractivity contribution is 7.87. The molecule has 2 amide bonds. The molecule has 0 saturated carbocycles. The number of carbonyl (C=O) groups excluding carboxylic acids is 2. The number of amides is 2. The van der Waals surface area contributed by atoms with Crippen LogP contribution in [0.25, 0.3) is 0 Å². The smallest absolute Gasteiger partial charge is 0.324 e. The van der Waals surface area contributed by atoms with Gasteiger partial charge >= 0.3 is 10.2 Å². The molecule has 1 aliphatic heterocycles. The standard InChI is InChI=1S/C25H33N7O5S/c1-3-31(13-14-37-2)38(35,36)30-23(16-26)32-17-21(18-7-5-4-6-8-18)25(29-32)19-9-11-20(12-10-19)28-24(34)15-22(27)33/h4-12,21H,3,13-17,26H2,1-2H3,(H2,27,33)(H,28,34)/b30-23+. The fourth-order valence-electron chi connectivity index (χ4n) is 3.97. The number of nitrogens with zero attached hydrogens (tertiary/aromatic N) is 4. The van der Waals surface area contributed by atoms with Crippen LogP contribution in [0, 0.1) is 0 Å². The molecule has 2 aromatic rings. The summed E-state index contributed by atoms with van der Waals surface area (Å²) in [4.78, 5) is 22.8. The molecule has 0 radical (unpaired) electrons. The normalized spacial score (nSPS) is 16.0. The first-order chi connectivity index (χ1) is 18.2. The number of methoxy groups -OCH3 is 1. The average molecular weight is 544 g/mol. The Bertz CT molecular complexity index is 1280. The number of primary amides is 1. The maximum atomic E-state index is 13.0. The maximum Gasteiger partial charge on any atom is 0.324 e. The van der Waals surface area contributed by atoms with Crippen LogP contribution in [0.2, 0.25) is 0 Å². The van der Waals surface area contributed by atoms with Gasteiger partial charge in [-0.1, -0.05) is 49.4 Å². The molecule has 0 fully saturated rings. The average Bonchev–Trinajstić information content (AvgIpc) is 3.33. The van der Waals surface area contributed by atoms with Gasteiger partial charge in [0.25, 0.3) is 0 Å². The molecule has 204 valence electrons. The van der Waals surface area contributed by atoms with Crippen LogP contribution in [0.4, 0.5) is 5.69 Å². The number of amidine groups is 1. The van der Waals surface area contributed by atoms with Crippen molar-refractivity contribution in [1.29, 1.82) is 0 Å². The first kappa shape index (κ1) is 28.9. The van der Waals surface area contributed by atoms with Crippen LogP contribution in [-0.2, 0) is 24.5 Å². The summed E-state index contributed by atoms with van der Waals surface area (Å²) in [6, 6.07) is 16.7. The van der Waals surface area contributed by atoms with E-state index in [1.165, 1.54) is 16.4 Å². The highest BCUT2D eigenvalue weighted by atomic mass is 32.2. The molecule has 3 rings (SSSR count). The predicted molar refractivity (Wildman–Crippen MR) is 146 cm³/mol. The molecular weight excluding hydrogens is 510 g/mol. The van der Waals surface area contributed by atoms with Crippen LogP contribution in [0.1, 0.15) is 30.4 Å². The minimum atomic E-state index is -4.01. The third-order valence-electron chi connectivity index (χ3n) is 5.84. The summed E-state index contributed by atoms with van der Waals surface area (Å²) < 4.78 is 36.2. The van der Waals surface area contributed by atoms with Crippen molar-refractivity contribution >= 4 is 39.3 Å². The first-order valence-corrected chi connectivity index (χ1v) is 13.5. The van der Waals surface area contributed by atoms with Crippen molar-refractivity contribution < 1.29 is 22.7 Å². The number of nitrogens with two attached hydrogens (primary N) is 2. The molecule has 13 heteroatoms. The highest BCUT2D eigenvalue weighted by Gasteiger charge is 2.32. The number of benzene rings is 2. The van der Waals surface area contributed by atoms with Gasteiger partial charge in [0, 0.05) is 31.8 Å². The second-order valence-corrected chi connectivity index (χ2v) is 10.1. The zero-order valence-electron chi connectivity index (χ0n) is 21.4. The summed E-state index contributed by atoms with van der Waals surface area (Å²) in [5, 5.41) is 8.88. The Kier molecular flexibility index (Phi) is 10.1. The van der Waals surface area contributed by atoms with Crippen molar-refractivity contribution in [2.45, 2.75) is 19.3 Å². The number of hydrazone groups is 1. The van der Waals surface area contributed by atoms with E-state index in [-0.39, 0.29) is 38.0 Å². The number of ether oxygens (including phenoxy) is 1. The molecule has 2 aromatic carbocycles. The van der Waals surface area contributed by atoms with E-state index in [9.17, 15) is 18.0 Å². The van der Waals surface area contributed by atoms with Crippen molar-refractivity contribution in [1.82, 2.24) is 9.31 Å². The van der Waals surface area contributed by atoms with Crippen molar-refractivity contribution in [3.63, 3.8) is 0 Å². The van der Waals surface area contributed by atoms with Gasteiger partial charge in [-0.15, -0.1) is 4.40 Å². The lowest BCUT2D eigenvalue weighted by Crippen LogP contribution is -2.37. The Hall–Kier alpha value is -3.65. The summed E-state index contributed by atoms with van der Waals surface area (Å²) in [7, 11) is -2.51. The van der Waals surface area contributed by atoms with E-state index >= 15 is 0 Å². The lowest BCUT2D eigenvalue weighted by Gasteiger charge is -2.20. The van der Waals surface area contributed by atoms with E-state index in [1.54, 1.807) is 31.2 Å². The van der Waals surface area contributed by atoms with Gasteiger partial charge in [0.1, 0.15) is 6.42 Å². The second-order valence-electron chi connectivity index (χ2n) is 8.47. The number of rotatable bonds is 12. The Morgan fingerprint density at radius 3 is 2.45 bits per heavy atom. The molecule has 0 aliphatic carbocycles. The van der Waals surface area contributed by atoms with Crippen LogP contribution in [0.15, 0.2) is 64.1 Å². The molecule has 0 saturated heterocycles. The van der Waals surface area contributed by atoms with Gasteiger partial charge in [-0.25, -0.2) is 5.01 Å². The molecule has 5 N–H and O–H groups in total. The quantitative estimate of drug-likeness (QED) is 0.202. The van der Waals surface area contributed by atoms with Gasteiger partial charge in [-0.3, -0.25) is 9.59 Å². The van der Waals surface area contributed by atoms with Crippen molar-refractivity contribution in [2.75, 3.05) is 45.2 Å². The summed E-state index contributed by atoms with van der Waals surface area (Å²) in [5.41, 5.74) is 14.0. The topological polar surface area (TPSA) is 173 Å². The Morgan fingerprint density at radius 2 is 1.87 bits per heavy atom. The van der Waals surface area contributed by atoms with Gasteiger partial charge in [-0.2, -0.15) is 17.8 Å². The minimum Gasteiger partial charge on any atom is -0.383 e. The monoisotopic (exact) mass is 543 g/mol. The Morgan fingerprint density at radius 1 is 1.18 bits per heavy atom. The fourth-order valence-corrected chi connectivity index (χ4v) is 5.15. The van der Waals surface area contributed by atoms with Gasteiger partial charge in [0.2, 0.25) is 11.8 Å². The second kappa shape index (κ2) is 13.2. The molecule has 1 unspecified atom stereocenters. The molecule has 1 heterocycles. The third-order valence-corrected chi connectivity index (χ3v) is 7.38. The van der Waals surface area contributed by atoms with Crippen LogP contribution in [-0.4, -0.2) is 81.0 Å². The van der Waals surface area contributed by atoms with Gasteiger partial charge in [0.15, 0.2) is 5.84 Å². The van der Waals surface area contributed by atoms with Gasteiger partial charge in [0.05, 0.1) is 25.4 Å². The Labute approximate surface area is 222 Å². The highest BCUT2D eigenvalue weighted by Crippen LogP contribution is 2.29. The van der Waals surface area contributed by atoms with E-state index in [0.29, 0.717) is 17.9 Å². The number of anilines is 1. The van der Waals surface area contributed by atoms with E-state index in [0.717, 1.165) is 11.1 Å². The van der Waals surface area contributed by atoms with Crippen LogP contribution in [0.3, 0.4) is 0 Å². The number of carbonyl (C=O) groups is 2. The molecule has 38 heavy (non-hydrogen) atoms. The zero-order chi connectivity index (χ0) is 27.7. The summed E-state index contributed by atoms with van der Waals surface area (Å²) in [6.07, 6.45) is -0.412. The Balaban J connectivity index is 1.94. The first-order valence-electron chi connectivity index (χ1n) is 12.1. The van der Waals surface area contributed by atoms with Crippen molar-refractivity contribution in [3.8, 4) is 0 Å². The third kappa shape index (κ3) is 7.44. The van der Waals surface area contributed by atoms with Gasteiger partial charge in [-0.05, 0) is 23.3 Å². The van der Waals surface area contributed by atoms with E-state index in [1.807, 2.05) is 30.3 Å². The molecule has 0 bridgehead atoms. The van der Waals surface area contributed by atoms with E-state index < -0.39 is 28.4 Å². The lowest BCUT2D eigenvalue weighted by atomic mass is 9.90. The summed E-state index contributed by atoms with van der Waals surface area (Å²) >= 11 is 0. The van der Waals surface area contributed by atoms with Crippen LogP contribution < -0.4 is 16.8 Å². The molecule has 0 spiro atoms. The van der Waals surface area contributed by atoms with Crippen LogP contribution >= 0.6 is 0 Å². The molecular formula is C25H33N7O5S. The van der Waals surface area contributed by atoms with E-state index in [2.05, 4.69) is 9.71 Å². The lowest BCUT2D eigenvalue weighted by molar-refractivity contribution is -0.124. The number of hydrogen-bond donors (Lipinski definition) is 3. The predicted octanol–water partition coefficient (Wildman–Crippen LogP) is 0.874. The zero-order valence-corrected chi connectivity index (χ0v) is 22.2. The van der Waals surface area contributed by atoms with Crippen molar-refractivity contribution in [2.24, 2.45) is 21.0 Å². The maximum absolute atomic E-state index is 13.0. The summed E-state index contributed by atoms with van der Waals surface area (Å²) in [5.74, 6) is -1.30. The largest absolute Gasteiger partial charge is 0.383 e. The number of nitrogens with one attached hydrogen (secondary N) is 1. The molecule has 12 nitrogen and oxygen atoms in total. The molecule has 1 aliphatic rings. The SMILES string of the molecule is CCN(CCOC)S(=O)(=O)/N=C(\CN)N1CC(c2ccccc2)C(c2ccc(NC(=O)CC(N)=O)cc2)=N1.